The fourth-order valence-electron chi connectivity index (χ4n) is 1.56. The summed E-state index contributed by atoms with van der Waals surface area (Å²) in [7, 11) is -3.09. The smallest absolute Gasteiger partial charge is 0.208 e. The summed E-state index contributed by atoms with van der Waals surface area (Å²) in [5, 5.41) is 12.9. The lowest BCUT2D eigenvalue weighted by atomic mass is 10.1. The molecule has 0 atom stereocenters. The van der Waals surface area contributed by atoms with Gasteiger partial charge in [0.15, 0.2) is 0 Å². The summed E-state index contributed by atoms with van der Waals surface area (Å²) < 4.78 is 24.0. The highest BCUT2D eigenvalue weighted by atomic mass is 32.2. The van der Waals surface area contributed by atoms with Crippen LogP contribution in [0.4, 0.5) is 0 Å². The molecule has 0 bridgehead atoms. The van der Waals surface area contributed by atoms with Crippen molar-refractivity contribution in [1.82, 2.24) is 10.0 Å². The van der Waals surface area contributed by atoms with E-state index >= 15 is 0 Å². The Kier molecular flexibility index (Phi) is 5.58. The molecule has 0 unspecified atom stereocenters. The summed E-state index contributed by atoms with van der Waals surface area (Å²) in [4.78, 5) is 0. The van der Waals surface area contributed by atoms with E-state index in [4.69, 9.17) is 0 Å². The Hall–Kier alpha value is -1.11. The quantitative estimate of drug-likeness (QED) is 0.639. The van der Waals surface area contributed by atoms with Gasteiger partial charge in [-0.1, -0.05) is 18.2 Å². The third-order valence-electron chi connectivity index (χ3n) is 2.53. The Labute approximate surface area is 108 Å². The van der Waals surface area contributed by atoms with Gasteiger partial charge in [-0.3, -0.25) is 0 Å². The number of nitrogens with one attached hydrogen (secondary N) is 2. The molecule has 0 heterocycles. The molecular formula is C12H20N2O3S. The molecule has 0 amide bonds. The van der Waals surface area contributed by atoms with Gasteiger partial charge in [-0.2, -0.15) is 0 Å². The molecule has 0 saturated carbocycles. The number of aryl methyl sites for hydroxylation is 1. The zero-order valence-electron chi connectivity index (χ0n) is 10.7. The van der Waals surface area contributed by atoms with E-state index in [9.17, 15) is 13.5 Å². The third kappa shape index (κ3) is 5.48. The van der Waals surface area contributed by atoms with Crippen LogP contribution in [0, 0.1) is 6.92 Å². The molecule has 0 aromatic heterocycles. The van der Waals surface area contributed by atoms with Gasteiger partial charge in [0, 0.05) is 18.7 Å². The van der Waals surface area contributed by atoms with Gasteiger partial charge in [0.1, 0.15) is 5.75 Å². The Bertz CT molecular complexity index is 486. The average molecular weight is 272 g/mol. The molecular weight excluding hydrogens is 252 g/mol. The van der Waals surface area contributed by atoms with E-state index in [2.05, 4.69) is 10.0 Å². The van der Waals surface area contributed by atoms with Crippen molar-refractivity contribution >= 4 is 10.0 Å². The van der Waals surface area contributed by atoms with Crippen molar-refractivity contribution in [1.29, 1.82) is 0 Å². The van der Waals surface area contributed by atoms with Crippen LogP contribution in [-0.4, -0.2) is 32.9 Å². The molecule has 6 heteroatoms. The number of aromatic hydroxyl groups is 1. The molecule has 0 aliphatic heterocycles. The number of hydrogen-bond acceptors (Lipinski definition) is 4. The Morgan fingerprint density at radius 3 is 2.67 bits per heavy atom. The Morgan fingerprint density at radius 2 is 2.00 bits per heavy atom. The van der Waals surface area contributed by atoms with Gasteiger partial charge in [0.2, 0.25) is 10.0 Å². The minimum Gasteiger partial charge on any atom is -0.507 e. The van der Waals surface area contributed by atoms with Gasteiger partial charge in [-0.25, -0.2) is 13.1 Å². The van der Waals surface area contributed by atoms with Gasteiger partial charge in [0.25, 0.3) is 0 Å². The fraction of sp³-hybridized carbons (Fsp3) is 0.500. The SMILES string of the molecule is Cc1cccc(CNCCCNS(C)(=O)=O)c1O. The average Bonchev–Trinajstić information content (AvgIpc) is 2.27. The van der Waals surface area contributed by atoms with Crippen molar-refractivity contribution in [3.63, 3.8) is 0 Å². The highest BCUT2D eigenvalue weighted by molar-refractivity contribution is 7.88. The maximum atomic E-state index is 10.8. The number of para-hydroxylation sites is 1. The lowest BCUT2D eigenvalue weighted by Gasteiger charge is -2.08. The van der Waals surface area contributed by atoms with Crippen LogP contribution >= 0.6 is 0 Å². The molecule has 102 valence electrons. The lowest BCUT2D eigenvalue weighted by Crippen LogP contribution is -2.26. The zero-order valence-corrected chi connectivity index (χ0v) is 11.5. The molecule has 1 aromatic carbocycles. The lowest BCUT2D eigenvalue weighted by molar-refractivity contribution is 0.460. The largest absolute Gasteiger partial charge is 0.507 e. The van der Waals surface area contributed by atoms with Gasteiger partial charge in [0.05, 0.1) is 6.26 Å². The van der Waals surface area contributed by atoms with Crippen molar-refractivity contribution in [3.8, 4) is 5.75 Å². The Balaban J connectivity index is 2.24. The molecule has 5 nitrogen and oxygen atoms in total. The number of sulfonamides is 1. The van der Waals surface area contributed by atoms with Crippen molar-refractivity contribution < 1.29 is 13.5 Å². The van der Waals surface area contributed by atoms with E-state index in [1.165, 1.54) is 0 Å². The summed E-state index contributed by atoms with van der Waals surface area (Å²) in [5.41, 5.74) is 1.71. The van der Waals surface area contributed by atoms with Crippen molar-refractivity contribution in [2.24, 2.45) is 0 Å². The van der Waals surface area contributed by atoms with Crippen LogP contribution in [0.1, 0.15) is 17.5 Å². The minimum atomic E-state index is -3.09. The van der Waals surface area contributed by atoms with Crippen LogP contribution in [0.3, 0.4) is 0 Å². The number of hydrogen-bond donors (Lipinski definition) is 3. The second-order valence-electron chi connectivity index (χ2n) is 4.28. The van der Waals surface area contributed by atoms with Crippen LogP contribution in [0.2, 0.25) is 0 Å². The van der Waals surface area contributed by atoms with Gasteiger partial charge in [-0.05, 0) is 25.5 Å². The van der Waals surface area contributed by atoms with Crippen LogP contribution in [-0.2, 0) is 16.6 Å². The van der Waals surface area contributed by atoms with E-state index in [0.717, 1.165) is 17.4 Å². The number of benzene rings is 1. The minimum absolute atomic E-state index is 0.319. The highest BCUT2D eigenvalue weighted by Crippen LogP contribution is 2.20. The first kappa shape index (κ1) is 14.9. The summed E-state index contributed by atoms with van der Waals surface area (Å²) in [6.45, 7) is 3.54. The van der Waals surface area contributed by atoms with Gasteiger partial charge < -0.3 is 10.4 Å². The van der Waals surface area contributed by atoms with Crippen molar-refractivity contribution in [2.45, 2.75) is 19.9 Å². The third-order valence-corrected chi connectivity index (χ3v) is 3.26. The van der Waals surface area contributed by atoms with E-state index in [1.807, 2.05) is 25.1 Å². The first-order chi connectivity index (χ1) is 8.40. The molecule has 0 aliphatic rings. The predicted molar refractivity (Wildman–Crippen MR) is 72.0 cm³/mol. The van der Waals surface area contributed by atoms with Crippen molar-refractivity contribution in [2.75, 3.05) is 19.3 Å². The molecule has 1 rings (SSSR count). The molecule has 0 fully saturated rings. The molecule has 18 heavy (non-hydrogen) atoms. The first-order valence-corrected chi connectivity index (χ1v) is 7.72. The standard InChI is InChI=1S/C12H20N2O3S/c1-10-5-3-6-11(12(10)15)9-13-7-4-8-14-18(2,16)17/h3,5-6,13-15H,4,7-9H2,1-2H3. The normalized spacial score (nSPS) is 11.7. The highest BCUT2D eigenvalue weighted by Gasteiger charge is 2.03. The maximum absolute atomic E-state index is 10.8. The monoisotopic (exact) mass is 272 g/mol. The van der Waals surface area contributed by atoms with E-state index in [1.54, 1.807) is 0 Å². The topological polar surface area (TPSA) is 78.4 Å². The number of phenolic OH excluding ortho intramolecular Hbond substituents is 1. The predicted octanol–water partition coefficient (Wildman–Crippen LogP) is 0.730. The first-order valence-electron chi connectivity index (χ1n) is 5.83. The van der Waals surface area contributed by atoms with Gasteiger partial charge >= 0.3 is 0 Å². The second kappa shape index (κ2) is 6.72. The van der Waals surface area contributed by atoms with E-state index in [-0.39, 0.29) is 0 Å². The number of rotatable bonds is 7. The van der Waals surface area contributed by atoms with Crippen LogP contribution in [0.5, 0.6) is 5.75 Å². The van der Waals surface area contributed by atoms with Crippen LogP contribution in [0.15, 0.2) is 18.2 Å². The van der Waals surface area contributed by atoms with Crippen molar-refractivity contribution in [3.05, 3.63) is 29.3 Å². The van der Waals surface area contributed by atoms with E-state index < -0.39 is 10.0 Å². The fourth-order valence-corrected chi connectivity index (χ4v) is 2.07. The summed E-state index contributed by atoms with van der Waals surface area (Å²) >= 11 is 0. The number of phenols is 1. The molecule has 1 aromatic rings. The molecule has 3 N–H and O–H groups in total. The zero-order chi connectivity index (χ0) is 13.6. The maximum Gasteiger partial charge on any atom is 0.208 e. The van der Waals surface area contributed by atoms with E-state index in [0.29, 0.717) is 31.8 Å². The summed E-state index contributed by atoms with van der Waals surface area (Å²) in [5.74, 6) is 0.319. The second-order valence-corrected chi connectivity index (χ2v) is 6.11. The summed E-state index contributed by atoms with van der Waals surface area (Å²) in [6, 6.07) is 5.62. The molecule has 0 radical (unpaired) electrons. The molecule has 0 aliphatic carbocycles. The van der Waals surface area contributed by atoms with Crippen LogP contribution < -0.4 is 10.0 Å². The molecule has 0 saturated heterocycles. The summed E-state index contributed by atoms with van der Waals surface area (Å²) in [6.07, 6.45) is 1.85. The molecule has 0 spiro atoms. The Morgan fingerprint density at radius 1 is 1.28 bits per heavy atom. The van der Waals surface area contributed by atoms with Gasteiger partial charge in [-0.15, -0.1) is 0 Å². The van der Waals surface area contributed by atoms with Crippen LogP contribution in [0.25, 0.3) is 0 Å².